The first-order chi connectivity index (χ1) is 6.86. The minimum Gasteiger partial charge on any atom is -0.203 e. The van der Waals surface area contributed by atoms with Crippen molar-refractivity contribution in [1.29, 1.82) is 0 Å². The Hall–Kier alpha value is -0.430. The fourth-order valence-corrected chi connectivity index (χ4v) is 1.32. The van der Waals surface area contributed by atoms with Crippen LogP contribution in [0.1, 0.15) is 5.56 Å². The SMILES string of the molecule is Fc1c(F)c(F)c(C=C(Br)Br)c(F)c1F. The summed E-state index contributed by atoms with van der Waals surface area (Å²) < 4.78 is 63.8. The van der Waals surface area contributed by atoms with Gasteiger partial charge < -0.3 is 0 Å². The molecule has 1 aromatic rings. The van der Waals surface area contributed by atoms with Gasteiger partial charge in [-0.1, -0.05) is 0 Å². The molecule has 1 rings (SSSR count). The summed E-state index contributed by atoms with van der Waals surface area (Å²) in [7, 11) is 0. The van der Waals surface area contributed by atoms with Crippen LogP contribution in [0.15, 0.2) is 3.39 Å². The smallest absolute Gasteiger partial charge is 0.200 e. The molecule has 0 N–H and O–H groups in total. The summed E-state index contributed by atoms with van der Waals surface area (Å²) >= 11 is 5.51. The summed E-state index contributed by atoms with van der Waals surface area (Å²) in [4.78, 5) is 0. The van der Waals surface area contributed by atoms with Crippen LogP contribution in [0.5, 0.6) is 0 Å². The van der Waals surface area contributed by atoms with Gasteiger partial charge in [0.25, 0.3) is 0 Å². The molecule has 0 nitrogen and oxygen atoms in total. The molecule has 0 bridgehead atoms. The van der Waals surface area contributed by atoms with E-state index >= 15 is 0 Å². The molecule has 7 heteroatoms. The third-order valence-corrected chi connectivity index (χ3v) is 1.96. The Morgan fingerprint density at radius 1 is 0.733 bits per heavy atom. The van der Waals surface area contributed by atoms with Crippen molar-refractivity contribution >= 4 is 37.9 Å². The normalized spacial score (nSPS) is 10.3. The molecular weight excluding hydrogens is 351 g/mol. The number of hydrogen-bond acceptors (Lipinski definition) is 0. The standard InChI is InChI=1S/C8HBr2F5/c9-3(10)1-2-4(11)6(13)8(15)7(14)5(2)12/h1H. The van der Waals surface area contributed by atoms with Crippen molar-refractivity contribution in [3.63, 3.8) is 0 Å². The van der Waals surface area contributed by atoms with Crippen LogP contribution in [-0.4, -0.2) is 0 Å². The third kappa shape index (κ3) is 2.39. The van der Waals surface area contributed by atoms with E-state index in [0.717, 1.165) is 6.08 Å². The van der Waals surface area contributed by atoms with Crippen molar-refractivity contribution in [2.24, 2.45) is 0 Å². The predicted octanol–water partition coefficient (Wildman–Crippen LogP) is 4.47. The molecule has 82 valence electrons. The van der Waals surface area contributed by atoms with E-state index in [4.69, 9.17) is 0 Å². The zero-order chi connectivity index (χ0) is 11.7. The summed E-state index contributed by atoms with van der Waals surface area (Å²) in [6, 6.07) is 0. The second-order valence-electron chi connectivity index (χ2n) is 2.42. The first kappa shape index (κ1) is 12.6. The molecule has 0 amide bonds. The molecule has 0 heterocycles. The lowest BCUT2D eigenvalue weighted by Crippen LogP contribution is -2.03. The van der Waals surface area contributed by atoms with Crippen LogP contribution in [0.25, 0.3) is 6.08 Å². The van der Waals surface area contributed by atoms with Crippen LogP contribution in [0, 0.1) is 29.1 Å². The maximum atomic E-state index is 13.0. The van der Waals surface area contributed by atoms with Gasteiger partial charge in [0.2, 0.25) is 5.82 Å². The lowest BCUT2D eigenvalue weighted by molar-refractivity contribution is 0.377. The summed E-state index contributed by atoms with van der Waals surface area (Å²) in [5, 5.41) is 0. The highest BCUT2D eigenvalue weighted by Crippen LogP contribution is 2.27. The average molecular weight is 352 g/mol. The minimum atomic E-state index is -2.17. The summed E-state index contributed by atoms with van der Waals surface area (Å²) in [6.07, 6.45) is 0.732. The third-order valence-electron chi connectivity index (χ3n) is 1.50. The van der Waals surface area contributed by atoms with Gasteiger partial charge in [-0.25, -0.2) is 22.0 Å². The topological polar surface area (TPSA) is 0 Å². The second kappa shape index (κ2) is 4.61. The molecule has 1 aromatic carbocycles. The van der Waals surface area contributed by atoms with Crippen LogP contribution in [0.4, 0.5) is 22.0 Å². The van der Waals surface area contributed by atoms with Crippen molar-refractivity contribution < 1.29 is 22.0 Å². The van der Waals surface area contributed by atoms with Crippen LogP contribution in [0.2, 0.25) is 0 Å². The summed E-state index contributed by atoms with van der Waals surface area (Å²) in [6.45, 7) is 0. The Morgan fingerprint density at radius 3 is 1.40 bits per heavy atom. The van der Waals surface area contributed by atoms with Crippen molar-refractivity contribution in [1.82, 2.24) is 0 Å². The Kier molecular flexibility index (Phi) is 3.88. The minimum absolute atomic E-state index is 0.0539. The number of halogens is 7. The van der Waals surface area contributed by atoms with Crippen LogP contribution < -0.4 is 0 Å². The molecule has 0 atom stereocenters. The number of benzene rings is 1. The van der Waals surface area contributed by atoms with E-state index in [1.165, 1.54) is 0 Å². The molecule has 0 aliphatic rings. The molecule has 0 aromatic heterocycles. The predicted molar refractivity (Wildman–Crippen MR) is 52.1 cm³/mol. The van der Waals surface area contributed by atoms with Crippen LogP contribution in [-0.2, 0) is 0 Å². The Bertz CT molecular complexity index is 408. The molecule has 15 heavy (non-hydrogen) atoms. The van der Waals surface area contributed by atoms with Gasteiger partial charge in [0.1, 0.15) is 0 Å². The molecule has 0 fully saturated rings. The molecular formula is C8HBr2F5. The molecule has 0 spiro atoms. The summed E-state index contributed by atoms with van der Waals surface area (Å²) in [5.74, 6) is -9.86. The second-order valence-corrected chi connectivity index (χ2v) is 5.19. The van der Waals surface area contributed by atoms with Crippen molar-refractivity contribution in [3.8, 4) is 0 Å². The zero-order valence-corrected chi connectivity index (χ0v) is 9.90. The van der Waals surface area contributed by atoms with E-state index in [1.54, 1.807) is 0 Å². The van der Waals surface area contributed by atoms with E-state index < -0.39 is 34.6 Å². The fourth-order valence-electron chi connectivity index (χ4n) is 0.858. The van der Waals surface area contributed by atoms with E-state index in [9.17, 15) is 22.0 Å². The zero-order valence-electron chi connectivity index (χ0n) is 6.72. The first-order valence-corrected chi connectivity index (χ1v) is 4.99. The maximum Gasteiger partial charge on any atom is 0.200 e. The van der Waals surface area contributed by atoms with Gasteiger partial charge in [-0.3, -0.25) is 0 Å². The average Bonchev–Trinajstić information content (AvgIpc) is 2.18. The summed E-state index contributed by atoms with van der Waals surface area (Å²) in [5.41, 5.74) is -1.00. The quantitative estimate of drug-likeness (QED) is 0.398. The Morgan fingerprint density at radius 2 is 1.07 bits per heavy atom. The van der Waals surface area contributed by atoms with E-state index in [-0.39, 0.29) is 3.39 Å². The Balaban J connectivity index is 3.60. The van der Waals surface area contributed by atoms with E-state index in [1.807, 2.05) is 0 Å². The number of rotatable bonds is 1. The number of hydrogen-bond donors (Lipinski definition) is 0. The first-order valence-electron chi connectivity index (χ1n) is 3.40. The Labute approximate surface area is 98.0 Å². The van der Waals surface area contributed by atoms with Crippen LogP contribution in [0.3, 0.4) is 0 Å². The fraction of sp³-hybridized carbons (Fsp3) is 0. The van der Waals surface area contributed by atoms with Gasteiger partial charge in [0.05, 0.1) is 8.96 Å². The van der Waals surface area contributed by atoms with Gasteiger partial charge in [-0.05, 0) is 37.9 Å². The van der Waals surface area contributed by atoms with Crippen molar-refractivity contribution in [2.75, 3.05) is 0 Å². The monoisotopic (exact) mass is 350 g/mol. The maximum absolute atomic E-state index is 13.0. The highest BCUT2D eigenvalue weighted by atomic mass is 79.9. The van der Waals surface area contributed by atoms with Crippen molar-refractivity contribution in [2.45, 2.75) is 0 Å². The van der Waals surface area contributed by atoms with Gasteiger partial charge in [-0.15, -0.1) is 0 Å². The highest BCUT2D eigenvalue weighted by Gasteiger charge is 2.24. The molecule has 0 unspecified atom stereocenters. The van der Waals surface area contributed by atoms with Crippen molar-refractivity contribution in [3.05, 3.63) is 38.0 Å². The lowest BCUT2D eigenvalue weighted by atomic mass is 10.1. The van der Waals surface area contributed by atoms with Crippen LogP contribution >= 0.6 is 31.9 Å². The van der Waals surface area contributed by atoms with Gasteiger partial charge in [-0.2, -0.15) is 0 Å². The van der Waals surface area contributed by atoms with Gasteiger partial charge in [0, 0.05) is 0 Å². The molecule has 0 aliphatic heterocycles. The molecule has 0 saturated heterocycles. The largest absolute Gasteiger partial charge is 0.203 e. The molecule has 0 saturated carbocycles. The molecule has 0 radical (unpaired) electrons. The lowest BCUT2D eigenvalue weighted by Gasteiger charge is -2.03. The van der Waals surface area contributed by atoms with E-state index in [2.05, 4.69) is 31.9 Å². The van der Waals surface area contributed by atoms with E-state index in [0.29, 0.717) is 0 Å². The van der Waals surface area contributed by atoms with Gasteiger partial charge >= 0.3 is 0 Å². The molecule has 0 aliphatic carbocycles. The van der Waals surface area contributed by atoms with Gasteiger partial charge in [0.15, 0.2) is 23.3 Å². The highest BCUT2D eigenvalue weighted by molar-refractivity contribution is 9.28.